The Morgan fingerprint density at radius 1 is 0.764 bits per heavy atom. The van der Waals surface area contributed by atoms with Crippen molar-refractivity contribution in [3.05, 3.63) is 119 Å². The zero-order valence-electron chi connectivity index (χ0n) is 31.7. The largest absolute Gasteiger partial charge is 0.397 e. The van der Waals surface area contributed by atoms with Crippen LogP contribution in [0.4, 0.5) is 11.4 Å². The van der Waals surface area contributed by atoms with Gasteiger partial charge in [-0.2, -0.15) is 0 Å². The van der Waals surface area contributed by atoms with Crippen molar-refractivity contribution in [1.29, 1.82) is 0 Å². The van der Waals surface area contributed by atoms with Crippen molar-refractivity contribution in [2.45, 2.75) is 89.1 Å². The minimum absolute atomic E-state index is 0.00749. The molecule has 0 aromatic heterocycles. The Labute approximate surface area is 325 Å². The van der Waals surface area contributed by atoms with Gasteiger partial charge in [-0.15, -0.1) is 0 Å². The highest BCUT2D eigenvalue weighted by Crippen LogP contribution is 2.40. The van der Waals surface area contributed by atoms with Gasteiger partial charge in [-0.25, -0.2) is 0 Å². The second-order valence-corrected chi connectivity index (χ2v) is 15.2. The lowest BCUT2D eigenvalue weighted by Gasteiger charge is -2.39. The summed E-state index contributed by atoms with van der Waals surface area (Å²) in [7, 11) is 0. The standard InChI is InChI=1S/C45H55N5O5/c46-40-14-1-2-15-41(40)48-44(53)17-7-16-43(52)47-28-33-9-5-10-35(25-33)36-11-6-12-37(26-36)45-54-39(27-42(55-45)34-20-18-32(31-51)19-21-34)30-50-24-8-13-38(50)29-49-22-3-4-23-49/h1-2,5-6,9-12,14-15,18-21,25-26,38-39,42,45,51H,3-4,7-8,13,16-17,22-24,27-31,46H2,(H,47,52)(H,48,53)/t38-,39+,42-,45-/m0/s1. The minimum atomic E-state index is -0.532. The zero-order valence-corrected chi connectivity index (χ0v) is 31.7. The van der Waals surface area contributed by atoms with Crippen LogP contribution in [0.1, 0.15) is 86.0 Å². The molecule has 5 N–H and O–H groups in total. The fourth-order valence-electron chi connectivity index (χ4n) is 8.15. The summed E-state index contributed by atoms with van der Waals surface area (Å²) in [6.07, 6.45) is 6.12. The van der Waals surface area contributed by atoms with Gasteiger partial charge >= 0.3 is 0 Å². The molecular formula is C45H55N5O5. The van der Waals surface area contributed by atoms with Crippen molar-refractivity contribution < 1.29 is 24.2 Å². The number of aliphatic hydroxyl groups is 1. The van der Waals surface area contributed by atoms with Gasteiger partial charge < -0.3 is 35.8 Å². The molecule has 55 heavy (non-hydrogen) atoms. The van der Waals surface area contributed by atoms with Crippen LogP contribution < -0.4 is 16.4 Å². The number of nitrogen functional groups attached to an aromatic ring is 1. The number of nitrogens with two attached hydrogens (primary N) is 1. The number of para-hydroxylation sites is 2. The van der Waals surface area contributed by atoms with E-state index in [2.05, 4.69) is 69.0 Å². The Hall–Kier alpha value is -4.58. The molecule has 4 aromatic carbocycles. The molecular weight excluding hydrogens is 691 g/mol. The van der Waals surface area contributed by atoms with Gasteiger partial charge in [-0.05, 0) is 104 Å². The maximum absolute atomic E-state index is 12.7. The van der Waals surface area contributed by atoms with Crippen molar-refractivity contribution in [2.75, 3.05) is 43.8 Å². The number of nitrogens with one attached hydrogen (secondary N) is 2. The van der Waals surface area contributed by atoms with E-state index in [1.54, 1.807) is 12.1 Å². The predicted molar refractivity (Wildman–Crippen MR) is 216 cm³/mol. The molecule has 7 rings (SSSR count). The van der Waals surface area contributed by atoms with Crippen molar-refractivity contribution >= 4 is 23.2 Å². The quantitative estimate of drug-likeness (QED) is 0.0963. The molecule has 3 aliphatic rings. The Kier molecular flexibility index (Phi) is 13.3. The fourth-order valence-corrected chi connectivity index (χ4v) is 8.15. The molecule has 0 spiro atoms. The van der Waals surface area contributed by atoms with E-state index >= 15 is 0 Å². The molecule has 4 atom stereocenters. The first-order valence-corrected chi connectivity index (χ1v) is 20.0. The fraction of sp³-hybridized carbons (Fsp3) is 0.422. The van der Waals surface area contributed by atoms with Gasteiger partial charge in [0.1, 0.15) is 0 Å². The Morgan fingerprint density at radius 2 is 1.53 bits per heavy atom. The van der Waals surface area contributed by atoms with Crippen LogP contribution in [0.15, 0.2) is 97.1 Å². The number of likely N-dealkylation sites (tertiary alicyclic amines) is 2. The third-order valence-corrected chi connectivity index (χ3v) is 11.2. The molecule has 0 aliphatic carbocycles. The average Bonchev–Trinajstić information content (AvgIpc) is 3.90. The van der Waals surface area contributed by atoms with Gasteiger partial charge in [-0.1, -0.05) is 72.8 Å². The van der Waals surface area contributed by atoms with E-state index in [0.29, 0.717) is 30.4 Å². The van der Waals surface area contributed by atoms with Crippen LogP contribution in [0.5, 0.6) is 0 Å². The lowest BCUT2D eigenvalue weighted by molar-refractivity contribution is -0.253. The number of carbonyl (C=O) groups excluding carboxylic acids is 2. The number of ether oxygens (including phenoxy) is 2. The highest BCUT2D eigenvalue weighted by molar-refractivity contribution is 5.94. The number of anilines is 2. The number of nitrogens with zero attached hydrogens (tertiary/aromatic N) is 2. The highest BCUT2D eigenvalue weighted by Gasteiger charge is 2.36. The highest BCUT2D eigenvalue weighted by atomic mass is 16.7. The molecule has 0 unspecified atom stereocenters. The van der Waals surface area contributed by atoms with Gasteiger partial charge in [0.25, 0.3) is 0 Å². The first-order valence-electron chi connectivity index (χ1n) is 20.0. The molecule has 3 aliphatic heterocycles. The topological polar surface area (TPSA) is 129 Å². The first-order chi connectivity index (χ1) is 26.9. The maximum Gasteiger partial charge on any atom is 0.224 e. The van der Waals surface area contributed by atoms with Crippen LogP contribution in [-0.4, -0.2) is 71.6 Å². The van der Waals surface area contributed by atoms with Crippen molar-refractivity contribution in [3.8, 4) is 11.1 Å². The number of carbonyl (C=O) groups is 2. The van der Waals surface area contributed by atoms with Crippen LogP contribution in [0.3, 0.4) is 0 Å². The molecule has 4 aromatic rings. The van der Waals surface area contributed by atoms with Crippen molar-refractivity contribution in [2.24, 2.45) is 0 Å². The lowest BCUT2D eigenvalue weighted by Crippen LogP contribution is -2.45. The van der Waals surface area contributed by atoms with Gasteiger partial charge in [0, 0.05) is 50.5 Å². The second kappa shape index (κ2) is 18.8. The predicted octanol–water partition coefficient (Wildman–Crippen LogP) is 6.96. The van der Waals surface area contributed by atoms with Crippen molar-refractivity contribution in [1.82, 2.24) is 15.1 Å². The smallest absolute Gasteiger partial charge is 0.224 e. The van der Waals surface area contributed by atoms with Crippen LogP contribution in [0, 0.1) is 0 Å². The molecule has 0 saturated carbocycles. The second-order valence-electron chi connectivity index (χ2n) is 15.2. The summed E-state index contributed by atoms with van der Waals surface area (Å²) in [6, 6.07) is 32.3. The number of benzene rings is 4. The van der Waals surface area contributed by atoms with E-state index in [-0.39, 0.29) is 43.5 Å². The molecule has 0 radical (unpaired) electrons. The maximum atomic E-state index is 12.7. The number of hydrogen-bond acceptors (Lipinski definition) is 8. The van der Waals surface area contributed by atoms with Crippen LogP contribution in [0.25, 0.3) is 11.1 Å². The summed E-state index contributed by atoms with van der Waals surface area (Å²) in [4.78, 5) is 30.3. The van der Waals surface area contributed by atoms with E-state index in [1.165, 1.54) is 38.8 Å². The molecule has 290 valence electrons. The summed E-state index contributed by atoms with van der Waals surface area (Å²) in [5.41, 5.74) is 13.0. The summed E-state index contributed by atoms with van der Waals surface area (Å²) < 4.78 is 13.5. The van der Waals surface area contributed by atoms with E-state index < -0.39 is 6.29 Å². The molecule has 10 nitrogen and oxygen atoms in total. The molecule has 3 heterocycles. The Morgan fingerprint density at radius 3 is 2.33 bits per heavy atom. The summed E-state index contributed by atoms with van der Waals surface area (Å²) in [5.74, 6) is -0.266. The lowest BCUT2D eigenvalue weighted by atomic mass is 9.98. The molecule has 0 bridgehead atoms. The van der Waals surface area contributed by atoms with E-state index in [1.807, 2.05) is 36.4 Å². The van der Waals surface area contributed by atoms with E-state index in [4.69, 9.17) is 15.2 Å². The average molecular weight is 746 g/mol. The zero-order chi connectivity index (χ0) is 38.0. The van der Waals surface area contributed by atoms with Crippen LogP contribution in [0.2, 0.25) is 0 Å². The number of amides is 2. The third-order valence-electron chi connectivity index (χ3n) is 11.2. The number of rotatable bonds is 15. The molecule has 2 amide bonds. The van der Waals surface area contributed by atoms with Gasteiger partial charge in [0.15, 0.2) is 6.29 Å². The summed E-state index contributed by atoms with van der Waals surface area (Å²) in [5, 5.41) is 15.5. The third kappa shape index (κ3) is 10.6. The number of hydrogen-bond donors (Lipinski definition) is 4. The molecule has 3 fully saturated rings. The normalized spacial score (nSPS) is 21.8. The summed E-state index contributed by atoms with van der Waals surface area (Å²) in [6.45, 7) is 5.97. The Balaban J connectivity index is 0.981. The first kappa shape index (κ1) is 38.7. The van der Waals surface area contributed by atoms with Crippen molar-refractivity contribution in [3.63, 3.8) is 0 Å². The summed E-state index contributed by atoms with van der Waals surface area (Å²) >= 11 is 0. The minimum Gasteiger partial charge on any atom is -0.397 e. The van der Waals surface area contributed by atoms with Gasteiger partial charge in [0.2, 0.25) is 11.8 Å². The monoisotopic (exact) mass is 745 g/mol. The number of aliphatic hydroxyl groups excluding tert-OH is 1. The van der Waals surface area contributed by atoms with Gasteiger partial charge in [0.05, 0.1) is 30.2 Å². The Bertz CT molecular complexity index is 1880. The van der Waals surface area contributed by atoms with Crippen LogP contribution >= 0.6 is 0 Å². The SMILES string of the molecule is Nc1ccccc1NC(=O)CCCC(=O)NCc1cccc(-c2cccc([C@H]3O[C@@H](CN4CCC[C@H]4CN4CCCC4)C[C@@H](c4ccc(CO)cc4)O3)c2)c1. The molecule has 3 saturated heterocycles. The molecule has 10 heteroatoms. The van der Waals surface area contributed by atoms with E-state index in [9.17, 15) is 14.7 Å². The van der Waals surface area contributed by atoms with Crippen LogP contribution in [-0.2, 0) is 32.2 Å². The van der Waals surface area contributed by atoms with Gasteiger partial charge in [-0.3, -0.25) is 14.5 Å². The van der Waals surface area contributed by atoms with E-state index in [0.717, 1.165) is 59.4 Å².